The van der Waals surface area contributed by atoms with Crippen molar-refractivity contribution in [2.45, 2.75) is 58.0 Å². The maximum atomic E-state index is 13.0. The minimum absolute atomic E-state index is 0.170. The van der Waals surface area contributed by atoms with E-state index >= 15 is 0 Å². The molecule has 0 aliphatic carbocycles. The fourth-order valence-corrected chi connectivity index (χ4v) is 8.06. The highest BCUT2D eigenvalue weighted by Gasteiger charge is 2.25. The Morgan fingerprint density at radius 2 is 1.82 bits per heavy atom. The molecule has 2 aliphatic rings. The van der Waals surface area contributed by atoms with Gasteiger partial charge in [0.25, 0.3) is 0 Å². The van der Waals surface area contributed by atoms with Crippen molar-refractivity contribution in [2.75, 3.05) is 32.7 Å². The summed E-state index contributed by atoms with van der Waals surface area (Å²) in [4.78, 5) is 23.2. The molecule has 0 atom stereocenters. The van der Waals surface area contributed by atoms with Crippen LogP contribution in [0.2, 0.25) is 0 Å². The van der Waals surface area contributed by atoms with Gasteiger partial charge >= 0.3 is 0 Å². The van der Waals surface area contributed by atoms with Gasteiger partial charge < -0.3 is 24.8 Å². The number of nitrogens with zero attached hydrogens (tertiary/aromatic N) is 5. The Bertz CT molecular complexity index is 1960. The van der Waals surface area contributed by atoms with E-state index in [0.717, 1.165) is 98.3 Å². The Hall–Kier alpha value is -4.78. The average Bonchev–Trinajstić information content (AvgIpc) is 3.80. The van der Waals surface area contributed by atoms with E-state index in [1.807, 2.05) is 54.9 Å². The zero-order chi connectivity index (χ0) is 35.2. The Morgan fingerprint density at radius 1 is 1.02 bits per heavy atom. The first kappa shape index (κ1) is 34.7. The molecule has 0 bridgehead atoms. The second-order valence-corrected chi connectivity index (χ2v) is 14.5. The summed E-state index contributed by atoms with van der Waals surface area (Å²) in [5.41, 5.74) is 16.0. The fourth-order valence-electron chi connectivity index (χ4n) is 7.24. The molecule has 12 heteroatoms. The molecule has 0 unspecified atom stereocenters. The second-order valence-electron chi connectivity index (χ2n) is 13.6. The third kappa shape index (κ3) is 8.41. The molecule has 51 heavy (non-hydrogen) atoms. The molecule has 0 spiro atoms. The molecular weight excluding hydrogens is 661 g/mol. The van der Waals surface area contributed by atoms with Gasteiger partial charge in [-0.3, -0.25) is 4.79 Å². The average molecular weight is 707 g/mol. The molecule has 0 saturated carbocycles. The number of likely N-dealkylation sites (tertiary alicyclic amines) is 2. The van der Waals surface area contributed by atoms with E-state index in [2.05, 4.69) is 54.8 Å². The summed E-state index contributed by atoms with van der Waals surface area (Å²) in [5, 5.41) is 8.94. The smallest absolute Gasteiger partial charge is 0.222 e. The van der Waals surface area contributed by atoms with E-state index in [4.69, 9.17) is 20.8 Å². The monoisotopic (exact) mass is 706 g/mol. The van der Waals surface area contributed by atoms with Crippen molar-refractivity contribution in [3.63, 3.8) is 0 Å². The largest absolute Gasteiger partial charge is 0.490 e. The van der Waals surface area contributed by atoms with Gasteiger partial charge in [0.1, 0.15) is 17.4 Å². The SMILES string of the molecule is Cc1ncsc1-c1ccc(CCC(=O)N2CCC(CCN3CCC(Oc4cccc(-c5onc6ccc(/C(N)=N/NN)cc56)c4)CC3)CC2)cc1. The van der Waals surface area contributed by atoms with E-state index in [1.54, 1.807) is 11.3 Å². The van der Waals surface area contributed by atoms with Crippen LogP contribution in [0.25, 0.3) is 32.7 Å². The van der Waals surface area contributed by atoms with Crippen molar-refractivity contribution < 1.29 is 14.1 Å². The highest BCUT2D eigenvalue weighted by molar-refractivity contribution is 7.13. The Labute approximate surface area is 302 Å². The third-order valence-electron chi connectivity index (χ3n) is 10.3. The van der Waals surface area contributed by atoms with E-state index < -0.39 is 0 Å². The predicted molar refractivity (Wildman–Crippen MR) is 202 cm³/mol. The van der Waals surface area contributed by atoms with Crippen LogP contribution < -0.4 is 21.8 Å². The number of amidine groups is 1. The van der Waals surface area contributed by atoms with E-state index in [-0.39, 0.29) is 17.8 Å². The van der Waals surface area contributed by atoms with Gasteiger partial charge in [-0.25, -0.2) is 16.4 Å². The molecule has 266 valence electrons. The van der Waals surface area contributed by atoms with Crippen molar-refractivity contribution in [1.29, 1.82) is 0 Å². The number of hydrazone groups is 1. The number of nitrogens with one attached hydrogen (secondary N) is 1. The summed E-state index contributed by atoms with van der Waals surface area (Å²) in [6, 6.07) is 22.2. The highest BCUT2D eigenvalue weighted by atomic mass is 32.1. The predicted octanol–water partition coefficient (Wildman–Crippen LogP) is 6.12. The second kappa shape index (κ2) is 16.1. The lowest BCUT2D eigenvalue weighted by Crippen LogP contribution is -2.41. The summed E-state index contributed by atoms with van der Waals surface area (Å²) in [7, 11) is 0. The third-order valence-corrected chi connectivity index (χ3v) is 11.3. The lowest BCUT2D eigenvalue weighted by Gasteiger charge is -2.35. The van der Waals surface area contributed by atoms with Gasteiger partial charge in [0, 0.05) is 43.7 Å². The molecule has 2 saturated heterocycles. The summed E-state index contributed by atoms with van der Waals surface area (Å²) < 4.78 is 12.2. The van der Waals surface area contributed by atoms with Gasteiger partial charge in [-0.05, 0) is 99.4 Å². The first-order valence-electron chi connectivity index (χ1n) is 17.9. The minimum Gasteiger partial charge on any atom is -0.490 e. The molecule has 2 aliphatic heterocycles. The fraction of sp³-hybridized carbons (Fsp3) is 0.385. The van der Waals surface area contributed by atoms with Crippen LogP contribution in [-0.2, 0) is 11.2 Å². The maximum absolute atomic E-state index is 13.0. The van der Waals surface area contributed by atoms with Crippen LogP contribution in [0.3, 0.4) is 0 Å². The number of fused-ring (bicyclic) bond motifs is 1. The molecule has 0 radical (unpaired) electrons. The van der Waals surface area contributed by atoms with Crippen LogP contribution in [0.5, 0.6) is 5.75 Å². The van der Waals surface area contributed by atoms with Gasteiger partial charge in [0.2, 0.25) is 5.91 Å². The number of piperidine rings is 2. The van der Waals surface area contributed by atoms with Crippen molar-refractivity contribution in [2.24, 2.45) is 22.6 Å². The maximum Gasteiger partial charge on any atom is 0.222 e. The number of rotatable bonds is 12. The summed E-state index contributed by atoms with van der Waals surface area (Å²) in [6.07, 6.45) is 6.89. The minimum atomic E-state index is 0.170. The van der Waals surface area contributed by atoms with Crippen molar-refractivity contribution >= 4 is 34.0 Å². The molecule has 5 aromatic rings. The molecular formula is C39H46N8O3S. The summed E-state index contributed by atoms with van der Waals surface area (Å²) in [5.74, 6) is 8.01. The topological polar surface area (TPSA) is 148 Å². The number of benzene rings is 3. The van der Waals surface area contributed by atoms with Gasteiger partial charge in [-0.2, -0.15) is 0 Å². The van der Waals surface area contributed by atoms with Gasteiger partial charge in [0.15, 0.2) is 11.6 Å². The van der Waals surface area contributed by atoms with Crippen molar-refractivity contribution in [1.82, 2.24) is 25.5 Å². The molecule has 2 aromatic heterocycles. The van der Waals surface area contributed by atoms with Crippen LogP contribution in [-0.4, -0.2) is 70.5 Å². The Morgan fingerprint density at radius 3 is 2.57 bits per heavy atom. The number of hydrogen-bond donors (Lipinski definition) is 3. The zero-order valence-electron chi connectivity index (χ0n) is 29.1. The first-order valence-corrected chi connectivity index (χ1v) is 18.8. The quantitative estimate of drug-likeness (QED) is 0.0605. The van der Waals surface area contributed by atoms with Gasteiger partial charge in [0.05, 0.1) is 21.5 Å². The number of hydrazine groups is 1. The number of carbonyl (C=O) groups is 1. The van der Waals surface area contributed by atoms with E-state index in [1.165, 1.54) is 22.4 Å². The Kier molecular flexibility index (Phi) is 10.9. The first-order chi connectivity index (χ1) is 24.9. The summed E-state index contributed by atoms with van der Waals surface area (Å²) in [6.45, 7) is 6.96. The van der Waals surface area contributed by atoms with Crippen LogP contribution in [0.15, 0.2) is 81.9 Å². The van der Waals surface area contributed by atoms with Gasteiger partial charge in [-0.15, -0.1) is 16.4 Å². The number of hydrogen-bond acceptors (Lipinski definition) is 10. The van der Waals surface area contributed by atoms with E-state index in [0.29, 0.717) is 18.1 Å². The number of thiazole rings is 1. The zero-order valence-corrected chi connectivity index (χ0v) is 29.9. The normalized spacial score (nSPS) is 16.5. The van der Waals surface area contributed by atoms with Crippen LogP contribution in [0.4, 0.5) is 0 Å². The van der Waals surface area contributed by atoms with E-state index in [9.17, 15) is 4.79 Å². The molecule has 4 heterocycles. The molecule has 5 N–H and O–H groups in total. The van der Waals surface area contributed by atoms with Gasteiger partial charge in [-0.1, -0.05) is 41.6 Å². The standard InChI is InChI=1S/C39H46N8O3S/c1-26-38(51-25-42-26)29-8-5-27(6-9-29)7-12-36(48)47-21-14-28(15-22-47)13-18-46-19-16-32(17-20-46)49-33-4-2-3-30(23-33)37-34-24-31(39(40)43-45-41)10-11-35(34)44-50-37/h2-6,8-11,23-25,28,32,45H,7,12-22,41H2,1H3,(H2,40,43). The molecule has 3 aromatic carbocycles. The summed E-state index contributed by atoms with van der Waals surface area (Å²) >= 11 is 1.67. The molecule has 11 nitrogen and oxygen atoms in total. The lowest BCUT2D eigenvalue weighted by atomic mass is 9.92. The Balaban J connectivity index is 0.823. The highest BCUT2D eigenvalue weighted by Crippen LogP contribution is 2.33. The van der Waals surface area contributed by atoms with Crippen LogP contribution in [0.1, 0.15) is 55.3 Å². The molecule has 7 rings (SSSR count). The number of ether oxygens (including phenoxy) is 1. The van der Waals surface area contributed by atoms with Crippen LogP contribution in [0, 0.1) is 12.8 Å². The van der Waals surface area contributed by atoms with Crippen LogP contribution >= 0.6 is 11.3 Å². The number of aryl methyl sites for hydroxylation is 2. The molecule has 1 amide bonds. The molecule has 2 fully saturated rings. The number of nitrogens with two attached hydrogens (primary N) is 2. The lowest BCUT2D eigenvalue weighted by molar-refractivity contribution is -0.132. The number of amides is 1. The van der Waals surface area contributed by atoms with Crippen molar-refractivity contribution in [3.05, 3.63) is 89.1 Å². The number of aromatic nitrogens is 2. The van der Waals surface area contributed by atoms with Crippen molar-refractivity contribution in [3.8, 4) is 27.5 Å². The number of carbonyl (C=O) groups excluding carboxylic acids is 1.